The Kier molecular flexibility index (Phi) is 7.41. The number of aromatic hydroxyl groups is 1. The van der Waals surface area contributed by atoms with Crippen molar-refractivity contribution >= 4 is 18.6 Å². The summed E-state index contributed by atoms with van der Waals surface area (Å²) in [6, 6.07) is 7.38. The lowest BCUT2D eigenvalue weighted by molar-refractivity contribution is 0.230. The lowest BCUT2D eigenvalue weighted by Gasteiger charge is -2.21. The molecule has 0 radical (unpaired) electrons. The van der Waals surface area contributed by atoms with Crippen molar-refractivity contribution < 1.29 is 18.7 Å². The zero-order valence-electron chi connectivity index (χ0n) is 17.4. The minimum atomic E-state index is -3.57. The molecule has 2 N–H and O–H groups in total. The van der Waals surface area contributed by atoms with Gasteiger partial charge in [-0.2, -0.15) is 0 Å². The Morgan fingerprint density at radius 3 is 2.18 bits per heavy atom. The fourth-order valence-corrected chi connectivity index (χ4v) is 4.63. The highest BCUT2D eigenvalue weighted by molar-refractivity contribution is 7.65. The number of benzene rings is 1. The second-order valence-corrected chi connectivity index (χ2v) is 8.54. The third kappa shape index (κ3) is 5.02. The molecule has 2 aromatic rings. The molecule has 0 saturated heterocycles. The quantitative estimate of drug-likeness (QED) is 0.550. The minimum Gasteiger partial charge on any atom is -0.507 e. The lowest BCUT2D eigenvalue weighted by atomic mass is 10.1. The molecule has 152 valence electrons. The van der Waals surface area contributed by atoms with Gasteiger partial charge in [0.1, 0.15) is 5.75 Å². The Labute approximate surface area is 167 Å². The number of pyridine rings is 1. The lowest BCUT2D eigenvalue weighted by Crippen LogP contribution is -2.03. The number of aromatic nitrogens is 1. The molecule has 0 amide bonds. The zero-order valence-corrected chi connectivity index (χ0v) is 18.3. The normalized spacial score (nSPS) is 12.3. The van der Waals surface area contributed by atoms with Crippen molar-refractivity contribution in [3.05, 3.63) is 58.5 Å². The molecular formula is C21H29N2O4P. The Bertz CT molecular complexity index is 892. The monoisotopic (exact) mass is 404 g/mol. The van der Waals surface area contributed by atoms with Crippen LogP contribution >= 0.6 is 7.60 Å². The van der Waals surface area contributed by atoms with Crippen molar-refractivity contribution in [1.29, 1.82) is 0 Å². The Morgan fingerprint density at radius 1 is 1.11 bits per heavy atom. The van der Waals surface area contributed by atoms with Crippen LogP contribution in [0.1, 0.15) is 41.9 Å². The van der Waals surface area contributed by atoms with Crippen molar-refractivity contribution in [3.8, 4) is 5.75 Å². The van der Waals surface area contributed by atoms with Gasteiger partial charge in [-0.1, -0.05) is 0 Å². The van der Waals surface area contributed by atoms with E-state index < -0.39 is 7.60 Å². The molecule has 0 atom stereocenters. The molecule has 0 bridgehead atoms. The molecule has 1 aromatic carbocycles. The van der Waals surface area contributed by atoms with E-state index in [1.165, 1.54) is 0 Å². The standard InChI is InChI=1S/C21H29N2O4P/c1-7-26-28(25,27-8-2)20(18-11-14(3)21(24)15(4)12-18)13-22-19-10-9-16(5)23-17(19)6/h9-13,22,24H,7-8H2,1-6H3/b20-13+. The number of hydrogen-bond acceptors (Lipinski definition) is 6. The smallest absolute Gasteiger partial charge is 0.363 e. The number of phenols is 1. The summed E-state index contributed by atoms with van der Waals surface area (Å²) in [5, 5.41) is 13.7. The van der Waals surface area contributed by atoms with Crippen LogP contribution in [0.2, 0.25) is 0 Å². The third-order valence-electron chi connectivity index (χ3n) is 4.27. The first-order valence-corrected chi connectivity index (χ1v) is 10.9. The molecule has 6 nitrogen and oxygen atoms in total. The molecule has 0 aliphatic rings. The SMILES string of the molecule is CCOP(=O)(OCC)/C(=C/Nc1ccc(C)nc1C)c1cc(C)c(O)c(C)c1. The van der Waals surface area contributed by atoms with Gasteiger partial charge < -0.3 is 19.5 Å². The van der Waals surface area contributed by atoms with Gasteiger partial charge in [-0.3, -0.25) is 9.55 Å². The largest absolute Gasteiger partial charge is 0.507 e. The van der Waals surface area contributed by atoms with Gasteiger partial charge in [0.05, 0.1) is 29.9 Å². The summed E-state index contributed by atoms with van der Waals surface area (Å²) in [6.07, 6.45) is 1.65. The fraction of sp³-hybridized carbons (Fsp3) is 0.381. The maximum Gasteiger partial charge on any atom is 0.363 e. The molecule has 0 fully saturated rings. The molecule has 28 heavy (non-hydrogen) atoms. The molecule has 0 aliphatic heterocycles. The van der Waals surface area contributed by atoms with Gasteiger partial charge in [-0.05, 0) is 82.5 Å². The minimum absolute atomic E-state index is 0.220. The number of rotatable bonds is 8. The van der Waals surface area contributed by atoms with E-state index >= 15 is 0 Å². The van der Waals surface area contributed by atoms with Gasteiger partial charge in [0.2, 0.25) is 0 Å². The zero-order chi connectivity index (χ0) is 20.9. The molecule has 7 heteroatoms. The average Bonchev–Trinajstić information content (AvgIpc) is 2.61. The molecule has 2 rings (SSSR count). The number of nitrogens with one attached hydrogen (secondary N) is 1. The van der Waals surface area contributed by atoms with Crippen LogP contribution in [0.3, 0.4) is 0 Å². The van der Waals surface area contributed by atoms with Crippen LogP contribution < -0.4 is 5.32 Å². The fourth-order valence-electron chi connectivity index (χ4n) is 2.93. The van der Waals surface area contributed by atoms with Gasteiger partial charge in [-0.15, -0.1) is 0 Å². The summed E-state index contributed by atoms with van der Waals surface area (Å²) < 4.78 is 24.7. The predicted molar refractivity (Wildman–Crippen MR) is 114 cm³/mol. The number of nitrogens with zero attached hydrogens (tertiary/aromatic N) is 1. The van der Waals surface area contributed by atoms with Crippen molar-refractivity contribution in [1.82, 2.24) is 4.98 Å². The van der Waals surface area contributed by atoms with Crippen LogP contribution in [0.15, 0.2) is 30.5 Å². The maximum absolute atomic E-state index is 13.6. The van der Waals surface area contributed by atoms with Crippen LogP contribution in [0.5, 0.6) is 5.75 Å². The first kappa shape index (κ1) is 22.2. The summed E-state index contributed by atoms with van der Waals surface area (Å²) in [5.74, 6) is 0.220. The van der Waals surface area contributed by atoms with E-state index in [2.05, 4.69) is 10.3 Å². The molecule has 0 unspecified atom stereocenters. The van der Waals surface area contributed by atoms with Gasteiger partial charge in [0.15, 0.2) is 0 Å². The maximum atomic E-state index is 13.6. The second kappa shape index (κ2) is 9.37. The van der Waals surface area contributed by atoms with E-state index in [9.17, 15) is 9.67 Å². The first-order valence-electron chi connectivity index (χ1n) is 9.33. The Balaban J connectivity index is 2.59. The highest BCUT2D eigenvalue weighted by atomic mass is 31.2. The van der Waals surface area contributed by atoms with Gasteiger partial charge >= 0.3 is 7.60 Å². The number of phenolic OH excluding ortho intramolecular Hbond substituents is 1. The molecule has 0 spiro atoms. The molecular weight excluding hydrogens is 375 g/mol. The summed E-state index contributed by atoms with van der Waals surface area (Å²) in [6.45, 7) is 11.5. The Morgan fingerprint density at radius 2 is 1.68 bits per heavy atom. The number of anilines is 1. The summed E-state index contributed by atoms with van der Waals surface area (Å²) >= 11 is 0. The highest BCUT2D eigenvalue weighted by Gasteiger charge is 2.31. The van der Waals surface area contributed by atoms with Crippen molar-refractivity contribution in [2.75, 3.05) is 18.5 Å². The van der Waals surface area contributed by atoms with Crippen LogP contribution in [-0.2, 0) is 13.6 Å². The number of aryl methyl sites for hydroxylation is 4. The third-order valence-corrected chi connectivity index (χ3v) is 6.44. The van der Waals surface area contributed by atoms with Gasteiger partial charge in [-0.25, -0.2) is 0 Å². The summed E-state index contributed by atoms with van der Waals surface area (Å²) in [7, 11) is -3.57. The number of hydrogen-bond donors (Lipinski definition) is 2. The van der Waals surface area contributed by atoms with Crippen LogP contribution in [-0.4, -0.2) is 23.3 Å². The average molecular weight is 404 g/mol. The van der Waals surface area contributed by atoms with Crippen molar-refractivity contribution in [3.63, 3.8) is 0 Å². The van der Waals surface area contributed by atoms with E-state index in [1.54, 1.807) is 46.0 Å². The van der Waals surface area contributed by atoms with E-state index in [1.807, 2.05) is 26.0 Å². The highest BCUT2D eigenvalue weighted by Crippen LogP contribution is 2.60. The van der Waals surface area contributed by atoms with Crippen LogP contribution in [0.4, 0.5) is 5.69 Å². The molecule has 1 aromatic heterocycles. The van der Waals surface area contributed by atoms with E-state index in [4.69, 9.17) is 9.05 Å². The summed E-state index contributed by atoms with van der Waals surface area (Å²) in [5.41, 5.74) is 4.60. The predicted octanol–water partition coefficient (Wildman–Crippen LogP) is 5.70. The van der Waals surface area contributed by atoms with Gasteiger partial charge in [0, 0.05) is 11.9 Å². The van der Waals surface area contributed by atoms with Crippen LogP contribution in [0, 0.1) is 27.7 Å². The van der Waals surface area contributed by atoms with Gasteiger partial charge in [0.25, 0.3) is 0 Å². The molecule has 1 heterocycles. The first-order chi connectivity index (χ1) is 13.2. The van der Waals surface area contributed by atoms with Crippen LogP contribution in [0.25, 0.3) is 5.31 Å². The molecule has 0 saturated carbocycles. The second-order valence-electron chi connectivity index (χ2n) is 6.55. The van der Waals surface area contributed by atoms with Crippen molar-refractivity contribution in [2.24, 2.45) is 0 Å². The topological polar surface area (TPSA) is 80.7 Å². The Hall–Kier alpha value is -2.14. The molecule has 0 aliphatic carbocycles. The van der Waals surface area contributed by atoms with E-state index in [0.29, 0.717) is 22.0 Å². The van der Waals surface area contributed by atoms with E-state index in [-0.39, 0.29) is 19.0 Å². The van der Waals surface area contributed by atoms with E-state index in [0.717, 1.165) is 17.1 Å². The van der Waals surface area contributed by atoms with Crippen molar-refractivity contribution in [2.45, 2.75) is 41.5 Å². The summed E-state index contributed by atoms with van der Waals surface area (Å²) in [4.78, 5) is 4.44.